The number of pyridine rings is 1. The van der Waals surface area contributed by atoms with Crippen LogP contribution in [-0.4, -0.2) is 43.5 Å². The molecule has 1 fully saturated rings. The smallest absolute Gasteiger partial charge is 0.414 e. The van der Waals surface area contributed by atoms with Crippen molar-refractivity contribution in [3.05, 3.63) is 60.2 Å². The number of carbonyl (C=O) groups excluding carboxylic acids is 1. The largest absolute Gasteiger partial charge is 0.447 e. The number of benzene rings is 1. The monoisotopic (exact) mass is 447 g/mol. The summed E-state index contributed by atoms with van der Waals surface area (Å²) >= 11 is 0. The highest BCUT2D eigenvalue weighted by Crippen LogP contribution is 2.32. The van der Waals surface area contributed by atoms with E-state index in [1.807, 2.05) is 19.9 Å². The number of rotatable bonds is 5. The van der Waals surface area contributed by atoms with Gasteiger partial charge in [0.2, 0.25) is 0 Å². The van der Waals surface area contributed by atoms with Crippen LogP contribution in [0.4, 0.5) is 20.7 Å². The number of ether oxygens (including phenoxy) is 1. The zero-order valence-corrected chi connectivity index (χ0v) is 18.1. The Hall–Kier alpha value is -4.08. The van der Waals surface area contributed by atoms with Gasteiger partial charge in [0.25, 0.3) is 0 Å². The maximum absolute atomic E-state index is 14.2. The molecule has 0 aliphatic carbocycles. The molecule has 3 aromatic heterocycles. The molecule has 0 saturated carbocycles. The first kappa shape index (κ1) is 20.8. The van der Waals surface area contributed by atoms with Crippen molar-refractivity contribution in [1.82, 2.24) is 24.7 Å². The lowest BCUT2D eigenvalue weighted by Gasteiger charge is -2.24. The van der Waals surface area contributed by atoms with E-state index in [-0.39, 0.29) is 42.6 Å². The number of nitrogen functional groups attached to an aromatic ring is 1. The number of nitrogens with zero attached hydrogens (tertiary/aromatic N) is 6. The van der Waals surface area contributed by atoms with Crippen LogP contribution in [0.2, 0.25) is 0 Å². The molecule has 1 aromatic carbocycles. The van der Waals surface area contributed by atoms with Crippen molar-refractivity contribution >= 4 is 28.6 Å². The highest BCUT2D eigenvalue weighted by atomic mass is 19.1. The molecule has 4 aromatic rings. The summed E-state index contributed by atoms with van der Waals surface area (Å²) in [5.41, 5.74) is 8.19. The molecule has 5 rings (SSSR count). The summed E-state index contributed by atoms with van der Waals surface area (Å²) in [5.74, 6) is 0.278. The fourth-order valence-corrected chi connectivity index (χ4v) is 3.96. The zero-order chi connectivity index (χ0) is 23.1. The van der Waals surface area contributed by atoms with Crippen molar-refractivity contribution < 1.29 is 13.9 Å². The molecule has 1 saturated heterocycles. The quantitative estimate of drug-likeness (QED) is 0.497. The number of amides is 1. The third-order valence-corrected chi connectivity index (χ3v) is 5.73. The fraction of sp³-hybridized carbons (Fsp3) is 0.261. The molecule has 4 heterocycles. The molecular weight excluding hydrogens is 425 g/mol. The van der Waals surface area contributed by atoms with Crippen LogP contribution in [0.25, 0.3) is 22.6 Å². The van der Waals surface area contributed by atoms with Gasteiger partial charge in [0, 0.05) is 11.8 Å². The minimum atomic E-state index is -0.472. The number of hydrogen-bond acceptors (Lipinski definition) is 7. The lowest BCUT2D eigenvalue weighted by Crippen LogP contribution is -2.37. The summed E-state index contributed by atoms with van der Waals surface area (Å²) < 4.78 is 21.1. The van der Waals surface area contributed by atoms with Gasteiger partial charge in [0.1, 0.15) is 23.8 Å². The Kier molecular flexibility index (Phi) is 5.12. The lowest BCUT2D eigenvalue weighted by atomic mass is 10.0. The average Bonchev–Trinajstić information content (AvgIpc) is 3.36. The lowest BCUT2D eigenvalue weighted by molar-refractivity contribution is 0.177. The van der Waals surface area contributed by atoms with Gasteiger partial charge in [0.15, 0.2) is 17.3 Å². The van der Waals surface area contributed by atoms with Gasteiger partial charge >= 0.3 is 6.09 Å². The first-order valence-electron chi connectivity index (χ1n) is 10.6. The molecule has 1 atom stereocenters. The van der Waals surface area contributed by atoms with Crippen LogP contribution < -0.4 is 10.6 Å². The van der Waals surface area contributed by atoms with Gasteiger partial charge in [-0.1, -0.05) is 32.0 Å². The number of nitrogens with two attached hydrogens (primary N) is 1. The van der Waals surface area contributed by atoms with Crippen molar-refractivity contribution in [2.45, 2.75) is 26.4 Å². The van der Waals surface area contributed by atoms with Crippen LogP contribution in [0.1, 0.15) is 19.4 Å². The second kappa shape index (κ2) is 8.12. The normalized spacial score (nSPS) is 16.1. The van der Waals surface area contributed by atoms with Crippen LogP contribution in [0.5, 0.6) is 0 Å². The summed E-state index contributed by atoms with van der Waals surface area (Å²) in [4.78, 5) is 27.1. The fourth-order valence-electron chi connectivity index (χ4n) is 3.96. The van der Waals surface area contributed by atoms with Crippen LogP contribution in [0.15, 0.2) is 48.8 Å². The number of anilines is 2. The second-order valence-corrected chi connectivity index (χ2v) is 8.19. The van der Waals surface area contributed by atoms with Crippen molar-refractivity contribution in [3.63, 3.8) is 0 Å². The highest BCUT2D eigenvalue weighted by Gasteiger charge is 2.37. The SMILES string of the molecule is CC(C)[C@H]1COC(=O)N1c1cnc(-c2nn(Cc3ccccc3F)c3ncccc23)nc1N. The van der Waals surface area contributed by atoms with Crippen LogP contribution >= 0.6 is 0 Å². The van der Waals surface area contributed by atoms with E-state index in [4.69, 9.17) is 10.5 Å². The van der Waals surface area contributed by atoms with Crippen LogP contribution in [0.3, 0.4) is 0 Å². The first-order valence-corrected chi connectivity index (χ1v) is 10.6. The Labute approximate surface area is 189 Å². The van der Waals surface area contributed by atoms with Gasteiger partial charge in [-0.3, -0.25) is 4.90 Å². The Morgan fingerprint density at radius 1 is 1.21 bits per heavy atom. The van der Waals surface area contributed by atoms with Gasteiger partial charge in [-0.25, -0.2) is 28.8 Å². The number of hydrogen-bond donors (Lipinski definition) is 1. The number of carbonyl (C=O) groups is 1. The molecule has 168 valence electrons. The van der Waals surface area contributed by atoms with E-state index < -0.39 is 6.09 Å². The average molecular weight is 447 g/mol. The van der Waals surface area contributed by atoms with E-state index >= 15 is 0 Å². The summed E-state index contributed by atoms with van der Waals surface area (Å²) in [6.45, 7) is 4.50. The Balaban J connectivity index is 1.56. The van der Waals surface area contributed by atoms with Gasteiger partial charge in [0.05, 0.1) is 24.2 Å². The molecule has 1 aliphatic rings. The molecule has 0 spiro atoms. The molecule has 2 N–H and O–H groups in total. The Bertz CT molecular complexity index is 1350. The van der Waals surface area contributed by atoms with E-state index in [2.05, 4.69) is 20.1 Å². The van der Waals surface area contributed by atoms with Crippen molar-refractivity contribution in [1.29, 1.82) is 0 Å². The zero-order valence-electron chi connectivity index (χ0n) is 18.1. The predicted octanol–water partition coefficient (Wildman–Crippen LogP) is 3.64. The van der Waals surface area contributed by atoms with E-state index in [0.29, 0.717) is 28.0 Å². The van der Waals surface area contributed by atoms with E-state index in [9.17, 15) is 9.18 Å². The second-order valence-electron chi connectivity index (χ2n) is 8.19. The van der Waals surface area contributed by atoms with E-state index in [1.54, 1.807) is 35.1 Å². The van der Waals surface area contributed by atoms with Gasteiger partial charge < -0.3 is 10.5 Å². The van der Waals surface area contributed by atoms with Gasteiger partial charge in [-0.2, -0.15) is 5.10 Å². The summed E-state index contributed by atoms with van der Waals surface area (Å²) in [6.07, 6.45) is 2.69. The van der Waals surface area contributed by atoms with E-state index in [1.165, 1.54) is 17.2 Å². The minimum Gasteiger partial charge on any atom is -0.447 e. The summed E-state index contributed by atoms with van der Waals surface area (Å²) in [7, 11) is 0. The number of halogens is 1. The topological polar surface area (TPSA) is 112 Å². The van der Waals surface area contributed by atoms with Gasteiger partial charge in [-0.15, -0.1) is 0 Å². The minimum absolute atomic E-state index is 0.144. The predicted molar refractivity (Wildman–Crippen MR) is 121 cm³/mol. The van der Waals surface area contributed by atoms with Crippen molar-refractivity contribution in [2.24, 2.45) is 5.92 Å². The number of fused-ring (bicyclic) bond motifs is 1. The summed E-state index contributed by atoms with van der Waals surface area (Å²) in [5, 5.41) is 5.33. The number of aromatic nitrogens is 5. The Morgan fingerprint density at radius 2 is 2.03 bits per heavy atom. The molecular formula is C23H22FN7O2. The molecule has 0 bridgehead atoms. The molecule has 0 radical (unpaired) electrons. The molecule has 10 heteroatoms. The Morgan fingerprint density at radius 3 is 2.79 bits per heavy atom. The van der Waals surface area contributed by atoms with Crippen molar-refractivity contribution in [2.75, 3.05) is 17.2 Å². The maximum atomic E-state index is 14.2. The highest BCUT2D eigenvalue weighted by molar-refractivity contribution is 5.94. The molecule has 1 amide bonds. The number of cyclic esters (lactones) is 1. The van der Waals surface area contributed by atoms with Crippen molar-refractivity contribution in [3.8, 4) is 11.5 Å². The molecule has 9 nitrogen and oxygen atoms in total. The maximum Gasteiger partial charge on any atom is 0.414 e. The standard InChI is InChI=1S/C23H22FN7O2/c1-13(2)18-12-33-23(32)31(18)17-10-27-21(28-20(17)25)19-15-7-5-9-26-22(15)30(29-19)11-14-6-3-4-8-16(14)24/h3-10,13,18H,11-12H2,1-2H3,(H2,25,27,28)/t18-/m1/s1. The third kappa shape index (κ3) is 3.63. The molecule has 0 unspecified atom stereocenters. The first-order chi connectivity index (χ1) is 15.9. The van der Waals surface area contributed by atoms with Gasteiger partial charge in [-0.05, 0) is 24.1 Å². The van der Waals surface area contributed by atoms with E-state index in [0.717, 1.165) is 0 Å². The van der Waals surface area contributed by atoms with Crippen LogP contribution in [-0.2, 0) is 11.3 Å². The summed E-state index contributed by atoms with van der Waals surface area (Å²) in [6, 6.07) is 10.0. The third-order valence-electron chi connectivity index (χ3n) is 5.73. The molecule has 1 aliphatic heterocycles. The molecule has 33 heavy (non-hydrogen) atoms. The van der Waals surface area contributed by atoms with Crippen LogP contribution in [0, 0.1) is 11.7 Å².